The van der Waals surface area contributed by atoms with Crippen LogP contribution in [0.1, 0.15) is 18.9 Å². The molecule has 0 atom stereocenters. The van der Waals surface area contributed by atoms with Crippen LogP contribution in [0.2, 0.25) is 0 Å². The van der Waals surface area contributed by atoms with Gasteiger partial charge in [-0.05, 0) is 30.2 Å². The molecule has 0 radical (unpaired) electrons. The molecule has 0 unspecified atom stereocenters. The van der Waals surface area contributed by atoms with Crippen LogP contribution in [0.15, 0.2) is 30.3 Å². The third-order valence-electron chi connectivity index (χ3n) is 2.31. The van der Waals surface area contributed by atoms with Crippen LogP contribution in [0, 0.1) is 0 Å². The van der Waals surface area contributed by atoms with Gasteiger partial charge in [-0.3, -0.25) is 4.79 Å². The lowest BCUT2D eigenvalue weighted by atomic mass is 10.1. The van der Waals surface area contributed by atoms with Gasteiger partial charge in [-0.2, -0.15) is 10.2 Å². The van der Waals surface area contributed by atoms with E-state index in [-0.39, 0.29) is 5.91 Å². The molecule has 2 nitrogen and oxygen atoms in total. The Hall–Kier alpha value is -0.960. The van der Waals surface area contributed by atoms with Gasteiger partial charge in [0, 0.05) is 0 Å². The average molecular weight is 239 g/mol. The number of amides is 1. The molecule has 16 heavy (non-hydrogen) atoms. The van der Waals surface area contributed by atoms with Gasteiger partial charge in [0.15, 0.2) is 0 Å². The molecule has 1 aromatic rings. The first-order chi connectivity index (χ1) is 7.53. The van der Waals surface area contributed by atoms with Crippen LogP contribution in [0.4, 0.5) is 0 Å². The van der Waals surface area contributed by atoms with Gasteiger partial charge >= 0.3 is 0 Å². The van der Waals surface area contributed by atoms with Gasteiger partial charge in [0.2, 0.25) is 5.91 Å². The summed E-state index contributed by atoms with van der Waals surface area (Å²) in [5.41, 5.74) is 1.08. The van der Waals surface area contributed by atoms with E-state index in [1.807, 2.05) is 30.3 Å². The van der Waals surface area contributed by atoms with Crippen molar-refractivity contribution in [3.63, 3.8) is 0 Å². The predicted molar refractivity (Wildman–Crippen MR) is 72.9 cm³/mol. The molecule has 1 aromatic carbocycles. The highest BCUT2D eigenvalue weighted by molar-refractivity contribution is 8.31. The second-order valence-corrected chi connectivity index (χ2v) is 8.12. The van der Waals surface area contributed by atoms with E-state index in [0.717, 1.165) is 17.7 Å². The lowest BCUT2D eigenvalue weighted by Gasteiger charge is -2.31. The zero-order valence-electron chi connectivity index (χ0n) is 10.3. The molecule has 0 saturated heterocycles. The highest BCUT2D eigenvalue weighted by Crippen LogP contribution is 2.35. The van der Waals surface area contributed by atoms with Gasteiger partial charge in [-0.1, -0.05) is 37.3 Å². The summed E-state index contributed by atoms with van der Waals surface area (Å²) >= 11 is 0. The Kier molecular flexibility index (Phi) is 4.87. The van der Waals surface area contributed by atoms with Crippen LogP contribution in [-0.4, -0.2) is 24.2 Å². The predicted octanol–water partition coefficient (Wildman–Crippen LogP) is 2.73. The third kappa shape index (κ3) is 4.71. The summed E-state index contributed by atoms with van der Waals surface area (Å²) < 4.78 is 3.15. The highest BCUT2D eigenvalue weighted by Gasteiger charge is 2.13. The van der Waals surface area contributed by atoms with Gasteiger partial charge < -0.3 is 4.72 Å². The van der Waals surface area contributed by atoms with E-state index in [4.69, 9.17) is 0 Å². The van der Waals surface area contributed by atoms with E-state index in [2.05, 4.69) is 24.2 Å². The van der Waals surface area contributed by atoms with E-state index in [9.17, 15) is 4.79 Å². The van der Waals surface area contributed by atoms with Gasteiger partial charge in [0.1, 0.15) is 0 Å². The van der Waals surface area contributed by atoms with Crippen molar-refractivity contribution in [1.82, 2.24) is 4.72 Å². The molecule has 1 amide bonds. The number of nitrogens with one attached hydrogen (secondary N) is 1. The van der Waals surface area contributed by atoms with E-state index >= 15 is 0 Å². The molecule has 0 saturated carbocycles. The molecule has 0 aliphatic carbocycles. The Labute approximate surface area is 99.9 Å². The Morgan fingerprint density at radius 1 is 1.25 bits per heavy atom. The molecule has 90 valence electrons. The number of rotatable bonds is 5. The average Bonchev–Trinajstić information content (AvgIpc) is 2.17. The van der Waals surface area contributed by atoms with Gasteiger partial charge in [0.05, 0.1) is 6.42 Å². The molecule has 0 aliphatic heterocycles. The molecule has 0 aliphatic rings. The maximum absolute atomic E-state index is 11.8. The Balaban J connectivity index is 2.48. The molecule has 0 heterocycles. The topological polar surface area (TPSA) is 29.1 Å². The lowest BCUT2D eigenvalue weighted by molar-refractivity contribution is -0.118. The van der Waals surface area contributed by atoms with Crippen LogP contribution in [0.3, 0.4) is 0 Å². The Bertz CT molecular complexity index is 335. The summed E-state index contributed by atoms with van der Waals surface area (Å²) in [6, 6.07) is 9.87. The van der Waals surface area contributed by atoms with Crippen molar-refractivity contribution in [3.05, 3.63) is 35.9 Å². The van der Waals surface area contributed by atoms with Crippen molar-refractivity contribution in [2.24, 2.45) is 0 Å². The van der Waals surface area contributed by atoms with Gasteiger partial charge in [-0.25, -0.2) is 0 Å². The zero-order chi connectivity index (χ0) is 12.0. The zero-order valence-corrected chi connectivity index (χ0v) is 11.1. The maximum Gasteiger partial charge on any atom is 0.232 e. The number of hydrogen-bond donors (Lipinski definition) is 1. The molecule has 0 fully saturated rings. The number of hydrogen-bond acceptors (Lipinski definition) is 1. The van der Waals surface area contributed by atoms with Crippen molar-refractivity contribution in [2.45, 2.75) is 19.8 Å². The van der Waals surface area contributed by atoms with E-state index in [1.165, 1.54) is 0 Å². The van der Waals surface area contributed by atoms with Crippen molar-refractivity contribution < 1.29 is 4.79 Å². The van der Waals surface area contributed by atoms with Crippen LogP contribution in [-0.2, 0) is 11.2 Å². The lowest BCUT2D eigenvalue weighted by Crippen LogP contribution is -2.29. The molecular weight excluding hydrogens is 218 g/mol. The molecule has 0 spiro atoms. The molecule has 0 bridgehead atoms. The van der Waals surface area contributed by atoms with Crippen LogP contribution in [0.5, 0.6) is 0 Å². The monoisotopic (exact) mass is 239 g/mol. The first-order valence-corrected chi connectivity index (χ1v) is 8.21. The van der Waals surface area contributed by atoms with Crippen LogP contribution < -0.4 is 4.72 Å². The standard InChI is InChI=1S/C13H21NOS/c1-4-10-16(2,3)14-13(15)11-12-8-6-5-7-9-12/h5-9H,4,10-11H2,1-3H3,(H,14,15). The smallest absolute Gasteiger partial charge is 0.232 e. The fourth-order valence-electron chi connectivity index (χ4n) is 1.69. The highest BCUT2D eigenvalue weighted by atomic mass is 32.3. The Morgan fingerprint density at radius 3 is 2.44 bits per heavy atom. The second kappa shape index (κ2) is 5.94. The van der Waals surface area contributed by atoms with Crippen molar-refractivity contribution in [3.8, 4) is 0 Å². The van der Waals surface area contributed by atoms with Crippen molar-refractivity contribution in [1.29, 1.82) is 0 Å². The van der Waals surface area contributed by atoms with E-state index < -0.39 is 10.2 Å². The first-order valence-electron chi connectivity index (χ1n) is 5.59. The molecule has 1 N–H and O–H groups in total. The Morgan fingerprint density at radius 2 is 1.88 bits per heavy atom. The molecule has 0 aromatic heterocycles. The fourth-order valence-corrected chi connectivity index (χ4v) is 3.50. The molecule has 3 heteroatoms. The minimum atomic E-state index is -0.951. The summed E-state index contributed by atoms with van der Waals surface area (Å²) in [5.74, 6) is 1.23. The van der Waals surface area contributed by atoms with Gasteiger partial charge in [0.25, 0.3) is 0 Å². The first kappa shape index (κ1) is 13.1. The van der Waals surface area contributed by atoms with Crippen molar-refractivity contribution in [2.75, 3.05) is 18.3 Å². The number of carbonyl (C=O) groups is 1. The molecular formula is C13H21NOS. The normalized spacial score (nSPS) is 12.2. The van der Waals surface area contributed by atoms with Crippen molar-refractivity contribution >= 4 is 16.1 Å². The van der Waals surface area contributed by atoms with Crippen LogP contribution >= 0.6 is 10.2 Å². The summed E-state index contributed by atoms with van der Waals surface area (Å²) in [6.07, 6.45) is 5.91. The summed E-state index contributed by atoms with van der Waals surface area (Å²) in [7, 11) is -0.951. The minimum Gasteiger partial charge on any atom is -0.318 e. The summed E-state index contributed by atoms with van der Waals surface area (Å²) in [4.78, 5) is 11.8. The molecule has 1 rings (SSSR count). The van der Waals surface area contributed by atoms with Gasteiger partial charge in [-0.15, -0.1) is 0 Å². The second-order valence-electron chi connectivity index (χ2n) is 4.43. The number of carbonyl (C=O) groups excluding carboxylic acids is 1. The number of benzene rings is 1. The largest absolute Gasteiger partial charge is 0.318 e. The fraction of sp³-hybridized carbons (Fsp3) is 0.462. The van der Waals surface area contributed by atoms with E-state index in [1.54, 1.807) is 0 Å². The minimum absolute atomic E-state index is 0.139. The SMILES string of the molecule is CCCS(C)(C)NC(=O)Cc1ccccc1. The maximum atomic E-state index is 11.8. The summed E-state index contributed by atoms with van der Waals surface area (Å²) in [5, 5.41) is 0. The third-order valence-corrected chi connectivity index (χ3v) is 4.52. The van der Waals surface area contributed by atoms with E-state index in [0.29, 0.717) is 6.42 Å². The quantitative estimate of drug-likeness (QED) is 0.841. The summed E-state index contributed by atoms with van der Waals surface area (Å²) in [6.45, 7) is 2.15. The van der Waals surface area contributed by atoms with Crippen LogP contribution in [0.25, 0.3) is 0 Å².